The zero-order chi connectivity index (χ0) is 10.7. The second-order valence-electron chi connectivity index (χ2n) is 3.37. The predicted octanol–water partition coefficient (Wildman–Crippen LogP) is 2.90. The van der Waals surface area contributed by atoms with E-state index < -0.39 is 0 Å². The lowest BCUT2D eigenvalue weighted by Crippen LogP contribution is -1.96. The summed E-state index contributed by atoms with van der Waals surface area (Å²) in [5.74, 6) is 1.10. The molecule has 1 aliphatic rings. The summed E-state index contributed by atoms with van der Waals surface area (Å²) in [5.41, 5.74) is 0.549. The third-order valence-electron chi connectivity index (χ3n) is 2.11. The Hall–Kier alpha value is -1.77. The fourth-order valence-corrected chi connectivity index (χ4v) is 1.44. The van der Waals surface area contributed by atoms with Gasteiger partial charge in [0.05, 0.1) is 11.8 Å². The molecule has 0 unspecified atom stereocenters. The fourth-order valence-electron chi connectivity index (χ4n) is 1.44. The minimum Gasteiger partial charge on any atom is -0.465 e. The number of allylic oxidation sites excluding steroid dienone is 1. The van der Waals surface area contributed by atoms with Crippen LogP contribution in [0.3, 0.4) is 0 Å². The van der Waals surface area contributed by atoms with Gasteiger partial charge in [-0.05, 0) is 30.7 Å². The number of carbonyl (C=O) groups is 1. The van der Waals surface area contributed by atoms with Crippen LogP contribution in [0.2, 0.25) is 0 Å². The molecular weight excluding hydrogens is 192 g/mol. The molecule has 0 atom stereocenters. The first kappa shape index (κ1) is 9.77. The van der Waals surface area contributed by atoms with Crippen molar-refractivity contribution in [2.75, 3.05) is 0 Å². The van der Waals surface area contributed by atoms with Crippen molar-refractivity contribution < 1.29 is 13.9 Å². The van der Waals surface area contributed by atoms with E-state index in [0.29, 0.717) is 11.3 Å². The molecule has 2 heterocycles. The second-order valence-corrected chi connectivity index (χ2v) is 3.37. The average molecular weight is 204 g/mol. The van der Waals surface area contributed by atoms with Crippen LogP contribution in [0.5, 0.6) is 0 Å². The van der Waals surface area contributed by atoms with E-state index in [2.05, 4.69) is 0 Å². The number of esters is 1. The van der Waals surface area contributed by atoms with Crippen molar-refractivity contribution in [2.45, 2.75) is 19.8 Å². The Morgan fingerprint density at radius 2 is 2.33 bits per heavy atom. The standard InChI is InChI=1S/C12H12O3/c1-2-4-11-8-9(12(13)15-11)7-10-5-3-6-14-10/h3,5-8H,2,4H2,1H3/b9-7+. The SMILES string of the molecule is CCCC1=C/C(=C\c2ccco2)C(=O)O1. The topological polar surface area (TPSA) is 39.4 Å². The molecule has 0 amide bonds. The maximum Gasteiger partial charge on any atom is 0.343 e. The minimum absolute atomic E-state index is 0.296. The molecule has 2 rings (SSSR count). The van der Waals surface area contributed by atoms with Crippen LogP contribution in [0.4, 0.5) is 0 Å². The van der Waals surface area contributed by atoms with Crippen LogP contribution in [-0.2, 0) is 9.53 Å². The van der Waals surface area contributed by atoms with Crippen molar-refractivity contribution in [3.05, 3.63) is 41.6 Å². The van der Waals surface area contributed by atoms with Gasteiger partial charge in [0.2, 0.25) is 0 Å². The van der Waals surface area contributed by atoms with Gasteiger partial charge in [-0.2, -0.15) is 0 Å². The monoisotopic (exact) mass is 204 g/mol. The Morgan fingerprint density at radius 1 is 1.47 bits per heavy atom. The summed E-state index contributed by atoms with van der Waals surface area (Å²) >= 11 is 0. The third kappa shape index (κ3) is 2.18. The van der Waals surface area contributed by atoms with Gasteiger partial charge in [0.1, 0.15) is 11.5 Å². The summed E-state index contributed by atoms with van der Waals surface area (Å²) in [4.78, 5) is 11.4. The van der Waals surface area contributed by atoms with Crippen molar-refractivity contribution in [3.8, 4) is 0 Å². The molecular formula is C12H12O3. The summed E-state index contributed by atoms with van der Waals surface area (Å²) in [6.07, 6.45) is 6.79. The lowest BCUT2D eigenvalue weighted by atomic mass is 10.2. The highest BCUT2D eigenvalue weighted by atomic mass is 16.5. The summed E-state index contributed by atoms with van der Waals surface area (Å²) in [6.45, 7) is 2.04. The van der Waals surface area contributed by atoms with Crippen molar-refractivity contribution in [3.63, 3.8) is 0 Å². The quantitative estimate of drug-likeness (QED) is 0.561. The van der Waals surface area contributed by atoms with Gasteiger partial charge in [-0.3, -0.25) is 0 Å². The lowest BCUT2D eigenvalue weighted by Gasteiger charge is -1.96. The van der Waals surface area contributed by atoms with Crippen LogP contribution in [-0.4, -0.2) is 5.97 Å². The van der Waals surface area contributed by atoms with Crippen LogP contribution >= 0.6 is 0 Å². The molecule has 15 heavy (non-hydrogen) atoms. The number of rotatable bonds is 3. The molecule has 78 valence electrons. The van der Waals surface area contributed by atoms with Gasteiger partial charge >= 0.3 is 5.97 Å². The fraction of sp³-hybridized carbons (Fsp3) is 0.250. The minimum atomic E-state index is -0.296. The molecule has 0 aromatic carbocycles. The predicted molar refractivity (Wildman–Crippen MR) is 55.8 cm³/mol. The average Bonchev–Trinajstić information content (AvgIpc) is 2.79. The van der Waals surface area contributed by atoms with E-state index in [1.807, 2.05) is 6.92 Å². The van der Waals surface area contributed by atoms with Gasteiger partial charge < -0.3 is 9.15 Å². The third-order valence-corrected chi connectivity index (χ3v) is 2.11. The first-order valence-corrected chi connectivity index (χ1v) is 4.97. The highest BCUT2D eigenvalue weighted by molar-refractivity contribution is 5.99. The summed E-state index contributed by atoms with van der Waals surface area (Å²) in [6, 6.07) is 3.58. The Balaban J connectivity index is 2.19. The van der Waals surface area contributed by atoms with E-state index in [1.54, 1.807) is 30.5 Å². The van der Waals surface area contributed by atoms with E-state index in [-0.39, 0.29) is 5.97 Å². The van der Waals surface area contributed by atoms with E-state index in [4.69, 9.17) is 9.15 Å². The molecule has 0 aliphatic carbocycles. The molecule has 3 heteroatoms. The van der Waals surface area contributed by atoms with Gasteiger partial charge in [0.25, 0.3) is 0 Å². The zero-order valence-electron chi connectivity index (χ0n) is 8.53. The van der Waals surface area contributed by atoms with E-state index >= 15 is 0 Å². The molecule has 0 saturated heterocycles. The molecule has 0 fully saturated rings. The van der Waals surface area contributed by atoms with Crippen molar-refractivity contribution in [1.82, 2.24) is 0 Å². The highest BCUT2D eigenvalue weighted by Crippen LogP contribution is 2.22. The molecule has 0 radical (unpaired) electrons. The Morgan fingerprint density at radius 3 is 3.00 bits per heavy atom. The van der Waals surface area contributed by atoms with Crippen LogP contribution in [0.1, 0.15) is 25.5 Å². The van der Waals surface area contributed by atoms with Gasteiger partial charge in [-0.15, -0.1) is 0 Å². The van der Waals surface area contributed by atoms with Crippen LogP contribution in [0.15, 0.2) is 40.2 Å². The van der Waals surface area contributed by atoms with Gasteiger partial charge in [-0.1, -0.05) is 6.92 Å². The first-order chi connectivity index (χ1) is 7.29. The number of ether oxygens (including phenoxy) is 1. The van der Waals surface area contributed by atoms with Crippen molar-refractivity contribution in [2.24, 2.45) is 0 Å². The van der Waals surface area contributed by atoms with Gasteiger partial charge in [0.15, 0.2) is 0 Å². The Kier molecular flexibility index (Phi) is 2.72. The van der Waals surface area contributed by atoms with Crippen molar-refractivity contribution in [1.29, 1.82) is 0 Å². The Labute approximate surface area is 88.0 Å². The molecule has 1 aromatic heterocycles. The van der Waals surface area contributed by atoms with Crippen LogP contribution < -0.4 is 0 Å². The molecule has 1 aliphatic heterocycles. The second kappa shape index (κ2) is 4.17. The summed E-state index contributed by atoms with van der Waals surface area (Å²) in [7, 11) is 0. The molecule has 0 N–H and O–H groups in total. The van der Waals surface area contributed by atoms with E-state index in [1.165, 1.54) is 0 Å². The largest absolute Gasteiger partial charge is 0.465 e. The zero-order valence-corrected chi connectivity index (χ0v) is 8.53. The lowest BCUT2D eigenvalue weighted by molar-refractivity contribution is -0.133. The summed E-state index contributed by atoms with van der Waals surface area (Å²) in [5, 5.41) is 0. The smallest absolute Gasteiger partial charge is 0.343 e. The normalized spacial score (nSPS) is 18.1. The van der Waals surface area contributed by atoms with E-state index in [0.717, 1.165) is 18.6 Å². The molecule has 0 spiro atoms. The van der Waals surface area contributed by atoms with Crippen LogP contribution in [0, 0.1) is 0 Å². The molecule has 3 nitrogen and oxygen atoms in total. The molecule has 0 saturated carbocycles. The van der Waals surface area contributed by atoms with Crippen LogP contribution in [0.25, 0.3) is 6.08 Å². The molecule has 1 aromatic rings. The molecule has 0 bridgehead atoms. The maximum atomic E-state index is 11.4. The highest BCUT2D eigenvalue weighted by Gasteiger charge is 2.20. The first-order valence-electron chi connectivity index (χ1n) is 4.97. The number of hydrogen-bond donors (Lipinski definition) is 0. The Bertz CT molecular complexity index is 410. The van der Waals surface area contributed by atoms with Crippen molar-refractivity contribution >= 4 is 12.0 Å². The number of furan rings is 1. The number of cyclic esters (lactones) is 1. The number of hydrogen-bond acceptors (Lipinski definition) is 3. The van der Waals surface area contributed by atoms with Gasteiger partial charge in [-0.25, -0.2) is 4.79 Å². The maximum absolute atomic E-state index is 11.4. The van der Waals surface area contributed by atoms with E-state index in [9.17, 15) is 4.79 Å². The summed E-state index contributed by atoms with van der Waals surface area (Å²) < 4.78 is 10.2. The number of carbonyl (C=O) groups excluding carboxylic acids is 1. The van der Waals surface area contributed by atoms with Gasteiger partial charge in [0, 0.05) is 6.42 Å².